The summed E-state index contributed by atoms with van der Waals surface area (Å²) in [6, 6.07) is 11.2. The monoisotopic (exact) mass is 470 g/mol. The molecule has 26 heavy (non-hydrogen) atoms. The SMILES string of the molecule is Cc1cc(I)ccc1NC(=O)COC(=O)COc1ccccc1[N+](=O)[O-]. The Morgan fingerprint density at radius 2 is 1.92 bits per heavy atom. The second kappa shape index (κ2) is 9.13. The summed E-state index contributed by atoms with van der Waals surface area (Å²) in [5.74, 6) is -1.35. The van der Waals surface area contributed by atoms with Gasteiger partial charge in [-0.1, -0.05) is 12.1 Å². The van der Waals surface area contributed by atoms with E-state index < -0.39 is 30.0 Å². The van der Waals surface area contributed by atoms with E-state index in [2.05, 4.69) is 27.9 Å². The molecule has 0 saturated heterocycles. The Labute approximate surface area is 162 Å². The highest BCUT2D eigenvalue weighted by Crippen LogP contribution is 2.25. The van der Waals surface area contributed by atoms with Crippen molar-refractivity contribution in [3.63, 3.8) is 0 Å². The largest absolute Gasteiger partial charge is 0.475 e. The number of amides is 1. The van der Waals surface area contributed by atoms with Crippen LogP contribution in [0.1, 0.15) is 5.56 Å². The van der Waals surface area contributed by atoms with E-state index in [0.717, 1.165) is 9.13 Å². The lowest BCUT2D eigenvalue weighted by Gasteiger charge is -2.10. The number of benzene rings is 2. The third-order valence-corrected chi connectivity index (χ3v) is 3.91. The molecule has 0 atom stereocenters. The number of hydrogen-bond acceptors (Lipinski definition) is 6. The number of nitro benzene ring substituents is 1. The molecule has 1 amide bonds. The average molecular weight is 470 g/mol. The van der Waals surface area contributed by atoms with Crippen molar-refractivity contribution >= 4 is 45.8 Å². The molecule has 0 aliphatic carbocycles. The summed E-state index contributed by atoms with van der Waals surface area (Å²) >= 11 is 2.16. The van der Waals surface area contributed by atoms with Crippen LogP contribution < -0.4 is 10.1 Å². The number of rotatable bonds is 7. The van der Waals surface area contributed by atoms with Gasteiger partial charge in [0, 0.05) is 15.3 Å². The third-order valence-electron chi connectivity index (χ3n) is 3.23. The van der Waals surface area contributed by atoms with Crippen molar-refractivity contribution in [2.75, 3.05) is 18.5 Å². The second-order valence-corrected chi connectivity index (χ2v) is 6.43. The molecule has 0 spiro atoms. The van der Waals surface area contributed by atoms with E-state index in [0.29, 0.717) is 5.69 Å². The fraction of sp³-hybridized carbons (Fsp3) is 0.176. The summed E-state index contributed by atoms with van der Waals surface area (Å²) in [7, 11) is 0. The zero-order chi connectivity index (χ0) is 19.1. The molecule has 0 fully saturated rings. The maximum absolute atomic E-state index is 11.9. The molecule has 2 aromatic rings. The van der Waals surface area contributed by atoms with Crippen LogP contribution in [0.4, 0.5) is 11.4 Å². The van der Waals surface area contributed by atoms with E-state index in [9.17, 15) is 19.7 Å². The average Bonchev–Trinajstić information content (AvgIpc) is 2.60. The van der Waals surface area contributed by atoms with Crippen LogP contribution in [0.25, 0.3) is 0 Å². The Kier molecular flexibility index (Phi) is 6.89. The van der Waals surface area contributed by atoms with Crippen LogP contribution >= 0.6 is 22.6 Å². The number of halogens is 1. The van der Waals surface area contributed by atoms with Gasteiger partial charge in [-0.25, -0.2) is 4.79 Å². The molecule has 0 aliphatic heterocycles. The molecule has 0 unspecified atom stereocenters. The Morgan fingerprint density at radius 1 is 1.19 bits per heavy atom. The summed E-state index contributed by atoms with van der Waals surface area (Å²) in [6.07, 6.45) is 0. The van der Waals surface area contributed by atoms with Gasteiger partial charge in [0.25, 0.3) is 5.91 Å². The van der Waals surface area contributed by atoms with Crippen LogP contribution in [0.2, 0.25) is 0 Å². The van der Waals surface area contributed by atoms with Crippen LogP contribution in [0.5, 0.6) is 5.75 Å². The Bertz CT molecular complexity index is 840. The normalized spacial score (nSPS) is 10.1. The minimum atomic E-state index is -0.808. The van der Waals surface area contributed by atoms with Gasteiger partial charge in [0.2, 0.25) is 0 Å². The van der Waals surface area contributed by atoms with Crippen molar-refractivity contribution in [2.45, 2.75) is 6.92 Å². The highest BCUT2D eigenvalue weighted by atomic mass is 127. The highest BCUT2D eigenvalue weighted by molar-refractivity contribution is 14.1. The first kappa shape index (κ1) is 19.6. The lowest BCUT2D eigenvalue weighted by atomic mass is 10.2. The van der Waals surface area contributed by atoms with Crippen LogP contribution in [-0.2, 0) is 14.3 Å². The fourth-order valence-corrected chi connectivity index (χ4v) is 2.65. The number of carbonyl (C=O) groups excluding carboxylic acids is 2. The van der Waals surface area contributed by atoms with E-state index in [4.69, 9.17) is 9.47 Å². The molecule has 0 saturated carbocycles. The molecule has 9 heteroatoms. The van der Waals surface area contributed by atoms with Crippen molar-refractivity contribution in [3.8, 4) is 5.75 Å². The lowest BCUT2D eigenvalue weighted by Crippen LogP contribution is -2.24. The summed E-state index contributed by atoms with van der Waals surface area (Å²) in [4.78, 5) is 33.8. The number of aryl methyl sites for hydroxylation is 1. The van der Waals surface area contributed by atoms with Gasteiger partial charge in [0.15, 0.2) is 19.0 Å². The molecule has 0 aliphatic rings. The molecule has 8 nitrogen and oxygen atoms in total. The maximum Gasteiger partial charge on any atom is 0.344 e. The summed E-state index contributed by atoms with van der Waals surface area (Å²) in [5, 5.41) is 13.5. The number of para-hydroxylation sites is 2. The van der Waals surface area contributed by atoms with Gasteiger partial charge in [0.05, 0.1) is 4.92 Å². The Balaban J connectivity index is 1.81. The number of nitrogens with one attached hydrogen (secondary N) is 1. The van der Waals surface area contributed by atoms with E-state index in [1.54, 1.807) is 12.1 Å². The number of carbonyl (C=O) groups is 2. The van der Waals surface area contributed by atoms with Crippen molar-refractivity contribution in [1.82, 2.24) is 0 Å². The van der Waals surface area contributed by atoms with Gasteiger partial charge < -0.3 is 14.8 Å². The highest BCUT2D eigenvalue weighted by Gasteiger charge is 2.16. The van der Waals surface area contributed by atoms with Crippen molar-refractivity contribution in [2.24, 2.45) is 0 Å². The minimum absolute atomic E-state index is 0.0478. The summed E-state index contributed by atoms with van der Waals surface area (Å²) in [5.41, 5.74) is 1.26. The molecule has 0 bridgehead atoms. The Hall–Kier alpha value is -2.69. The van der Waals surface area contributed by atoms with Crippen LogP contribution in [0.3, 0.4) is 0 Å². The number of ether oxygens (including phenoxy) is 2. The van der Waals surface area contributed by atoms with Crippen molar-refractivity contribution < 1.29 is 24.0 Å². The lowest BCUT2D eigenvalue weighted by molar-refractivity contribution is -0.385. The maximum atomic E-state index is 11.9. The summed E-state index contributed by atoms with van der Waals surface area (Å²) in [6.45, 7) is 0.829. The molecule has 2 rings (SSSR count). The molecule has 2 aromatic carbocycles. The first-order valence-electron chi connectivity index (χ1n) is 7.44. The summed E-state index contributed by atoms with van der Waals surface area (Å²) < 4.78 is 10.9. The molecule has 0 heterocycles. The van der Waals surface area contributed by atoms with E-state index in [1.165, 1.54) is 18.2 Å². The van der Waals surface area contributed by atoms with Crippen molar-refractivity contribution in [1.29, 1.82) is 0 Å². The molecule has 0 aromatic heterocycles. The standard InChI is InChI=1S/C17H15IN2O6/c1-11-8-12(18)6-7-13(11)19-16(21)9-26-17(22)10-25-15-5-3-2-4-14(15)20(23)24/h2-8H,9-10H2,1H3,(H,19,21). The smallest absolute Gasteiger partial charge is 0.344 e. The number of anilines is 1. The number of nitrogens with zero attached hydrogens (tertiary/aromatic N) is 1. The first-order valence-corrected chi connectivity index (χ1v) is 8.52. The topological polar surface area (TPSA) is 108 Å². The predicted molar refractivity (Wildman–Crippen MR) is 102 cm³/mol. The minimum Gasteiger partial charge on any atom is -0.475 e. The van der Waals surface area contributed by atoms with Gasteiger partial charge in [0.1, 0.15) is 0 Å². The zero-order valence-electron chi connectivity index (χ0n) is 13.7. The quantitative estimate of drug-likeness (QED) is 0.289. The van der Waals surface area contributed by atoms with Crippen LogP contribution in [0, 0.1) is 20.6 Å². The van der Waals surface area contributed by atoms with Gasteiger partial charge in [-0.15, -0.1) is 0 Å². The van der Waals surface area contributed by atoms with E-state index in [-0.39, 0.29) is 11.4 Å². The van der Waals surface area contributed by atoms with Gasteiger partial charge in [-0.05, 0) is 59.3 Å². The van der Waals surface area contributed by atoms with Gasteiger partial charge in [-0.2, -0.15) is 0 Å². The third kappa shape index (κ3) is 5.69. The molecular formula is C17H15IN2O6. The molecular weight excluding hydrogens is 455 g/mol. The fourth-order valence-electron chi connectivity index (χ4n) is 2.01. The van der Waals surface area contributed by atoms with Crippen LogP contribution in [-0.4, -0.2) is 30.0 Å². The molecule has 1 N–H and O–H groups in total. The predicted octanol–water partition coefficient (Wildman–Crippen LogP) is 3.07. The number of esters is 1. The van der Waals surface area contributed by atoms with Gasteiger partial charge >= 0.3 is 11.7 Å². The zero-order valence-corrected chi connectivity index (χ0v) is 15.9. The van der Waals surface area contributed by atoms with E-state index in [1.807, 2.05) is 19.1 Å². The Morgan fingerprint density at radius 3 is 2.62 bits per heavy atom. The van der Waals surface area contributed by atoms with Gasteiger partial charge in [-0.3, -0.25) is 14.9 Å². The molecule has 136 valence electrons. The van der Waals surface area contributed by atoms with E-state index >= 15 is 0 Å². The van der Waals surface area contributed by atoms with Crippen LogP contribution in [0.15, 0.2) is 42.5 Å². The number of hydrogen-bond donors (Lipinski definition) is 1. The number of nitro groups is 1. The van der Waals surface area contributed by atoms with Crippen molar-refractivity contribution in [3.05, 3.63) is 61.7 Å². The first-order chi connectivity index (χ1) is 12.4. The molecule has 0 radical (unpaired) electrons. The second-order valence-electron chi connectivity index (χ2n) is 5.18.